The average Bonchev–Trinajstić information content (AvgIpc) is 2.28. The molecule has 1 N–H and O–H groups in total. The van der Waals surface area contributed by atoms with Crippen molar-refractivity contribution >= 4 is 0 Å². The van der Waals surface area contributed by atoms with Crippen LogP contribution in [-0.4, -0.2) is 17.6 Å². The summed E-state index contributed by atoms with van der Waals surface area (Å²) >= 11 is 0. The van der Waals surface area contributed by atoms with Crippen LogP contribution in [0.3, 0.4) is 0 Å². The van der Waals surface area contributed by atoms with Crippen LogP contribution in [0.4, 0.5) is 13.2 Å². The summed E-state index contributed by atoms with van der Waals surface area (Å²) in [6.07, 6.45) is -1.76. The Morgan fingerprint density at radius 1 is 1.26 bits per heavy atom. The minimum Gasteiger partial charge on any atom is -0.314 e. The second-order valence-electron chi connectivity index (χ2n) is 5.12. The first-order valence-corrected chi connectivity index (χ1v) is 6.58. The smallest absolute Gasteiger partial charge is 0.314 e. The molecule has 0 aliphatic carbocycles. The van der Waals surface area contributed by atoms with E-state index in [9.17, 15) is 13.2 Å². The fourth-order valence-electron chi connectivity index (χ4n) is 2.06. The van der Waals surface area contributed by atoms with Crippen molar-refractivity contribution in [2.45, 2.75) is 45.8 Å². The molecule has 0 amide bonds. The quantitative estimate of drug-likeness (QED) is 0.856. The molecule has 0 radical (unpaired) electrons. The largest absolute Gasteiger partial charge is 0.417 e. The zero-order chi connectivity index (χ0) is 14.5. The summed E-state index contributed by atoms with van der Waals surface area (Å²) in [6, 6.07) is 2.82. The highest BCUT2D eigenvalue weighted by molar-refractivity contribution is 5.17. The summed E-state index contributed by atoms with van der Waals surface area (Å²) in [4.78, 5) is 3.91. The van der Waals surface area contributed by atoms with E-state index in [2.05, 4.69) is 24.1 Å². The third-order valence-corrected chi connectivity index (χ3v) is 2.86. The van der Waals surface area contributed by atoms with Gasteiger partial charge in [0.2, 0.25) is 0 Å². The number of halogens is 3. The molecule has 1 aromatic heterocycles. The van der Waals surface area contributed by atoms with Gasteiger partial charge in [0.25, 0.3) is 0 Å². The SMILES string of the molecule is CCNC(Cc1ccc(C(F)(F)F)cn1)CC(C)C. The van der Waals surface area contributed by atoms with Gasteiger partial charge in [0.15, 0.2) is 0 Å². The van der Waals surface area contributed by atoms with Gasteiger partial charge in [-0.3, -0.25) is 4.98 Å². The van der Waals surface area contributed by atoms with E-state index in [0.717, 1.165) is 25.2 Å². The van der Waals surface area contributed by atoms with Crippen LogP contribution in [-0.2, 0) is 12.6 Å². The highest BCUT2D eigenvalue weighted by Crippen LogP contribution is 2.28. The molecule has 19 heavy (non-hydrogen) atoms. The zero-order valence-electron chi connectivity index (χ0n) is 11.6. The maximum atomic E-state index is 12.4. The molecule has 0 saturated carbocycles. The minimum absolute atomic E-state index is 0.259. The first-order valence-electron chi connectivity index (χ1n) is 6.58. The lowest BCUT2D eigenvalue weighted by molar-refractivity contribution is -0.137. The molecule has 0 spiro atoms. The monoisotopic (exact) mass is 274 g/mol. The van der Waals surface area contributed by atoms with Crippen LogP contribution in [0.25, 0.3) is 0 Å². The van der Waals surface area contributed by atoms with E-state index in [4.69, 9.17) is 0 Å². The van der Waals surface area contributed by atoms with Crippen molar-refractivity contribution in [3.05, 3.63) is 29.6 Å². The molecule has 0 aromatic carbocycles. The average molecular weight is 274 g/mol. The standard InChI is InChI=1S/C14H21F3N2/c1-4-18-13(7-10(2)3)8-12-6-5-11(9-19-12)14(15,16)17/h5-6,9-10,13,18H,4,7-8H2,1-3H3. The van der Waals surface area contributed by atoms with Gasteiger partial charge >= 0.3 is 6.18 Å². The molecule has 0 saturated heterocycles. The number of aromatic nitrogens is 1. The van der Waals surface area contributed by atoms with Gasteiger partial charge in [0, 0.05) is 24.4 Å². The van der Waals surface area contributed by atoms with Crippen molar-refractivity contribution < 1.29 is 13.2 Å². The number of hydrogen-bond acceptors (Lipinski definition) is 2. The molecule has 0 bridgehead atoms. The molecule has 0 aliphatic heterocycles. The maximum Gasteiger partial charge on any atom is 0.417 e. The summed E-state index contributed by atoms with van der Waals surface area (Å²) in [5.41, 5.74) is -0.000268. The van der Waals surface area contributed by atoms with Crippen LogP contribution >= 0.6 is 0 Å². The summed E-state index contributed by atoms with van der Waals surface area (Å²) in [5.74, 6) is 0.540. The van der Waals surface area contributed by atoms with E-state index in [1.54, 1.807) is 0 Å². The van der Waals surface area contributed by atoms with Gasteiger partial charge in [-0.1, -0.05) is 20.8 Å². The Bertz CT molecular complexity index is 371. The first-order chi connectivity index (χ1) is 8.82. The van der Waals surface area contributed by atoms with Crippen molar-refractivity contribution in [3.63, 3.8) is 0 Å². The Hall–Kier alpha value is -1.10. The Kier molecular flexibility index (Phi) is 5.79. The summed E-state index contributed by atoms with van der Waals surface area (Å²) < 4.78 is 37.3. The van der Waals surface area contributed by atoms with E-state index < -0.39 is 11.7 Å². The lowest BCUT2D eigenvalue weighted by Gasteiger charge is -2.19. The molecule has 5 heteroatoms. The van der Waals surface area contributed by atoms with Crippen molar-refractivity contribution in [1.82, 2.24) is 10.3 Å². The Morgan fingerprint density at radius 3 is 2.37 bits per heavy atom. The molecule has 0 aliphatic rings. The highest BCUT2D eigenvalue weighted by Gasteiger charge is 2.30. The second-order valence-corrected chi connectivity index (χ2v) is 5.12. The maximum absolute atomic E-state index is 12.4. The Labute approximate surface area is 112 Å². The van der Waals surface area contributed by atoms with Crippen LogP contribution in [0, 0.1) is 5.92 Å². The Balaban J connectivity index is 2.69. The first kappa shape index (κ1) is 16.0. The highest BCUT2D eigenvalue weighted by atomic mass is 19.4. The predicted molar refractivity (Wildman–Crippen MR) is 69.9 cm³/mol. The Morgan fingerprint density at radius 2 is 1.95 bits per heavy atom. The molecular formula is C14H21F3N2. The fourth-order valence-corrected chi connectivity index (χ4v) is 2.06. The minimum atomic E-state index is -4.31. The van der Waals surface area contributed by atoms with Crippen LogP contribution in [0.2, 0.25) is 0 Å². The van der Waals surface area contributed by atoms with Crippen molar-refractivity contribution in [3.8, 4) is 0 Å². The molecule has 1 atom stereocenters. The van der Waals surface area contributed by atoms with E-state index in [1.165, 1.54) is 6.07 Å². The number of hydrogen-bond donors (Lipinski definition) is 1. The molecule has 108 valence electrons. The van der Waals surface area contributed by atoms with Gasteiger partial charge in [-0.15, -0.1) is 0 Å². The van der Waals surface area contributed by atoms with Gasteiger partial charge in [0.1, 0.15) is 0 Å². The van der Waals surface area contributed by atoms with E-state index >= 15 is 0 Å². The summed E-state index contributed by atoms with van der Waals surface area (Å²) in [6.45, 7) is 7.13. The zero-order valence-corrected chi connectivity index (χ0v) is 11.6. The van der Waals surface area contributed by atoms with Gasteiger partial charge in [0.05, 0.1) is 5.56 Å². The van der Waals surface area contributed by atoms with Crippen LogP contribution in [0.15, 0.2) is 18.3 Å². The van der Waals surface area contributed by atoms with Crippen LogP contribution in [0.5, 0.6) is 0 Å². The fraction of sp³-hybridized carbons (Fsp3) is 0.643. The topological polar surface area (TPSA) is 24.9 Å². The van der Waals surface area contributed by atoms with Crippen LogP contribution < -0.4 is 5.32 Å². The molecular weight excluding hydrogens is 253 g/mol. The molecule has 1 aromatic rings. The summed E-state index contributed by atoms with van der Waals surface area (Å²) in [5, 5.41) is 3.35. The van der Waals surface area contributed by atoms with E-state index in [0.29, 0.717) is 18.0 Å². The van der Waals surface area contributed by atoms with Crippen LogP contribution in [0.1, 0.15) is 38.4 Å². The normalized spacial score (nSPS) is 13.8. The van der Waals surface area contributed by atoms with Gasteiger partial charge in [-0.05, 0) is 31.0 Å². The number of nitrogens with zero attached hydrogens (tertiary/aromatic N) is 1. The molecule has 0 fully saturated rings. The predicted octanol–water partition coefficient (Wildman–Crippen LogP) is 3.67. The van der Waals surface area contributed by atoms with E-state index in [1.807, 2.05) is 6.92 Å². The molecule has 2 nitrogen and oxygen atoms in total. The number of likely N-dealkylation sites (N-methyl/N-ethyl adjacent to an activating group) is 1. The van der Waals surface area contributed by atoms with Gasteiger partial charge in [-0.25, -0.2) is 0 Å². The van der Waals surface area contributed by atoms with Gasteiger partial charge in [-0.2, -0.15) is 13.2 Å². The molecule has 1 heterocycles. The van der Waals surface area contributed by atoms with Crippen molar-refractivity contribution in [2.24, 2.45) is 5.92 Å². The van der Waals surface area contributed by atoms with Crippen molar-refractivity contribution in [1.29, 1.82) is 0 Å². The second kappa shape index (κ2) is 6.89. The number of nitrogens with one attached hydrogen (secondary N) is 1. The van der Waals surface area contributed by atoms with Crippen molar-refractivity contribution in [2.75, 3.05) is 6.54 Å². The number of alkyl halides is 3. The lowest BCUT2D eigenvalue weighted by atomic mass is 9.99. The van der Waals surface area contributed by atoms with Gasteiger partial charge < -0.3 is 5.32 Å². The third-order valence-electron chi connectivity index (χ3n) is 2.86. The molecule has 1 unspecified atom stereocenters. The number of rotatable bonds is 6. The number of pyridine rings is 1. The molecule has 1 rings (SSSR count). The summed E-state index contributed by atoms with van der Waals surface area (Å²) in [7, 11) is 0. The van der Waals surface area contributed by atoms with E-state index in [-0.39, 0.29) is 6.04 Å². The lowest BCUT2D eigenvalue weighted by Crippen LogP contribution is -2.32. The third kappa shape index (κ3) is 5.59.